The number of rotatable bonds is 6. The Morgan fingerprint density at radius 2 is 2.05 bits per heavy atom. The van der Waals surface area contributed by atoms with Crippen molar-refractivity contribution in [2.45, 2.75) is 13.0 Å². The van der Waals surface area contributed by atoms with E-state index in [0.717, 1.165) is 17.3 Å². The average molecular weight is 358 g/mol. The van der Waals surface area contributed by atoms with Gasteiger partial charge in [-0.25, -0.2) is 4.68 Å². The smallest absolute Gasteiger partial charge is 0.289 e. The SMILES string of the molecule is O=c1c(Cl)c(OCCCBr)cnn1Cc1ccccc1. The lowest BCUT2D eigenvalue weighted by Gasteiger charge is -2.09. The molecule has 0 aliphatic rings. The molecule has 2 aromatic rings. The molecule has 6 heteroatoms. The monoisotopic (exact) mass is 356 g/mol. The zero-order valence-electron chi connectivity index (χ0n) is 10.8. The lowest BCUT2D eigenvalue weighted by atomic mass is 10.2. The predicted molar refractivity (Wildman–Crippen MR) is 83.0 cm³/mol. The molecule has 0 aliphatic carbocycles. The first kappa shape index (κ1) is 15.1. The maximum Gasteiger partial charge on any atom is 0.289 e. The van der Waals surface area contributed by atoms with E-state index in [2.05, 4.69) is 21.0 Å². The Balaban J connectivity index is 2.16. The largest absolute Gasteiger partial charge is 0.490 e. The second kappa shape index (κ2) is 7.45. The highest BCUT2D eigenvalue weighted by molar-refractivity contribution is 9.09. The lowest BCUT2D eigenvalue weighted by molar-refractivity contribution is 0.315. The minimum atomic E-state index is -0.341. The fourth-order valence-electron chi connectivity index (χ4n) is 1.66. The first-order chi connectivity index (χ1) is 9.72. The summed E-state index contributed by atoms with van der Waals surface area (Å²) in [5, 5.41) is 5.01. The predicted octanol–water partition coefficient (Wildman–Crippen LogP) is 3.11. The van der Waals surface area contributed by atoms with Crippen LogP contribution in [-0.2, 0) is 6.54 Å². The number of benzene rings is 1. The molecule has 20 heavy (non-hydrogen) atoms. The molecule has 0 atom stereocenters. The van der Waals surface area contributed by atoms with Crippen molar-refractivity contribution in [3.63, 3.8) is 0 Å². The fourth-order valence-corrected chi connectivity index (χ4v) is 2.09. The van der Waals surface area contributed by atoms with Gasteiger partial charge in [0.2, 0.25) is 0 Å². The lowest BCUT2D eigenvalue weighted by Crippen LogP contribution is -2.24. The van der Waals surface area contributed by atoms with E-state index in [1.807, 2.05) is 30.3 Å². The molecule has 106 valence electrons. The first-order valence-electron chi connectivity index (χ1n) is 6.20. The number of hydrogen-bond acceptors (Lipinski definition) is 3. The number of halogens is 2. The summed E-state index contributed by atoms with van der Waals surface area (Å²) >= 11 is 9.34. The third-order valence-electron chi connectivity index (χ3n) is 2.66. The van der Waals surface area contributed by atoms with Crippen LogP contribution in [0.3, 0.4) is 0 Å². The number of aromatic nitrogens is 2. The summed E-state index contributed by atoms with van der Waals surface area (Å²) in [5.41, 5.74) is 0.651. The Morgan fingerprint density at radius 1 is 1.30 bits per heavy atom. The summed E-state index contributed by atoms with van der Waals surface area (Å²) < 4.78 is 6.75. The number of nitrogens with zero attached hydrogens (tertiary/aromatic N) is 2. The van der Waals surface area contributed by atoms with E-state index < -0.39 is 0 Å². The molecular weight excluding hydrogens is 344 g/mol. The van der Waals surface area contributed by atoms with Gasteiger partial charge in [0.15, 0.2) is 10.8 Å². The van der Waals surface area contributed by atoms with Crippen molar-refractivity contribution >= 4 is 27.5 Å². The Bertz CT molecular complexity index is 616. The molecule has 0 radical (unpaired) electrons. The third-order valence-corrected chi connectivity index (χ3v) is 3.57. The highest BCUT2D eigenvalue weighted by Crippen LogP contribution is 2.18. The van der Waals surface area contributed by atoms with E-state index in [1.54, 1.807) is 0 Å². The molecule has 4 nitrogen and oxygen atoms in total. The van der Waals surface area contributed by atoms with E-state index >= 15 is 0 Å². The molecule has 0 N–H and O–H groups in total. The van der Waals surface area contributed by atoms with Crippen molar-refractivity contribution in [1.29, 1.82) is 0 Å². The second-order valence-corrected chi connectivity index (χ2v) is 5.33. The van der Waals surface area contributed by atoms with Gasteiger partial charge in [0.25, 0.3) is 5.56 Å². The van der Waals surface area contributed by atoms with Crippen molar-refractivity contribution in [3.05, 3.63) is 57.5 Å². The maximum absolute atomic E-state index is 12.1. The van der Waals surface area contributed by atoms with Crippen molar-refractivity contribution in [3.8, 4) is 5.75 Å². The molecule has 1 aromatic heterocycles. The van der Waals surface area contributed by atoms with Crippen LogP contribution in [0.4, 0.5) is 0 Å². The Kier molecular flexibility index (Phi) is 5.61. The van der Waals surface area contributed by atoms with Crippen LogP contribution in [0.1, 0.15) is 12.0 Å². The molecule has 0 saturated heterocycles. The fraction of sp³-hybridized carbons (Fsp3) is 0.286. The van der Waals surface area contributed by atoms with E-state index in [9.17, 15) is 4.79 Å². The van der Waals surface area contributed by atoms with Gasteiger partial charge in [0.05, 0.1) is 19.3 Å². The molecule has 0 fully saturated rings. The summed E-state index contributed by atoms with van der Waals surface area (Å²) in [5.74, 6) is 0.335. The zero-order chi connectivity index (χ0) is 14.4. The topological polar surface area (TPSA) is 44.1 Å². The van der Waals surface area contributed by atoms with E-state index in [1.165, 1.54) is 10.9 Å². The first-order valence-corrected chi connectivity index (χ1v) is 7.70. The molecular formula is C14H14BrClN2O2. The Hall–Kier alpha value is -1.33. The van der Waals surface area contributed by atoms with E-state index in [0.29, 0.717) is 18.9 Å². The van der Waals surface area contributed by atoms with Gasteiger partial charge in [-0.2, -0.15) is 5.10 Å². The molecule has 1 aromatic carbocycles. The highest BCUT2D eigenvalue weighted by atomic mass is 79.9. The van der Waals surface area contributed by atoms with Gasteiger partial charge in [0.1, 0.15) is 0 Å². The van der Waals surface area contributed by atoms with Gasteiger partial charge >= 0.3 is 0 Å². The average Bonchev–Trinajstić information content (AvgIpc) is 2.48. The minimum Gasteiger partial charge on any atom is -0.490 e. The van der Waals surface area contributed by atoms with Crippen molar-refractivity contribution < 1.29 is 4.74 Å². The molecule has 0 unspecified atom stereocenters. The summed E-state index contributed by atoms with van der Waals surface area (Å²) in [7, 11) is 0. The maximum atomic E-state index is 12.1. The number of hydrogen-bond donors (Lipinski definition) is 0. The van der Waals surface area contributed by atoms with Crippen LogP contribution >= 0.6 is 27.5 Å². The summed E-state index contributed by atoms with van der Waals surface area (Å²) in [6.45, 7) is 0.885. The van der Waals surface area contributed by atoms with Gasteiger partial charge in [0, 0.05) is 5.33 Å². The van der Waals surface area contributed by atoms with Crippen LogP contribution in [0.5, 0.6) is 5.75 Å². The summed E-state index contributed by atoms with van der Waals surface area (Å²) in [4.78, 5) is 12.1. The normalized spacial score (nSPS) is 10.5. The molecule has 2 rings (SSSR count). The molecule has 0 saturated carbocycles. The van der Waals surface area contributed by atoms with Crippen molar-refractivity contribution in [1.82, 2.24) is 9.78 Å². The van der Waals surface area contributed by atoms with Crippen LogP contribution < -0.4 is 10.3 Å². The number of alkyl halides is 1. The van der Waals surface area contributed by atoms with Crippen LogP contribution in [0, 0.1) is 0 Å². The molecule has 0 spiro atoms. The molecule has 0 bridgehead atoms. The highest BCUT2D eigenvalue weighted by Gasteiger charge is 2.10. The third kappa shape index (κ3) is 3.84. The second-order valence-electron chi connectivity index (χ2n) is 4.16. The molecule has 0 aliphatic heterocycles. The van der Waals surface area contributed by atoms with Crippen molar-refractivity contribution in [2.75, 3.05) is 11.9 Å². The van der Waals surface area contributed by atoms with E-state index in [-0.39, 0.29) is 10.6 Å². The van der Waals surface area contributed by atoms with Gasteiger partial charge in [-0.05, 0) is 12.0 Å². The van der Waals surface area contributed by atoms with Crippen molar-refractivity contribution in [2.24, 2.45) is 0 Å². The van der Waals surface area contributed by atoms with Crippen LogP contribution in [0.25, 0.3) is 0 Å². The minimum absolute atomic E-state index is 0.0745. The zero-order valence-corrected chi connectivity index (χ0v) is 13.1. The Labute approximate surface area is 130 Å². The van der Waals surface area contributed by atoms with E-state index in [4.69, 9.17) is 16.3 Å². The van der Waals surface area contributed by atoms with Crippen LogP contribution in [0.2, 0.25) is 5.02 Å². The van der Waals surface area contributed by atoms with Gasteiger partial charge < -0.3 is 4.74 Å². The Morgan fingerprint density at radius 3 is 2.75 bits per heavy atom. The molecule has 1 heterocycles. The van der Waals surface area contributed by atoms with Crippen LogP contribution in [-0.4, -0.2) is 21.7 Å². The number of ether oxygens (including phenoxy) is 1. The van der Waals surface area contributed by atoms with Gasteiger partial charge in [-0.3, -0.25) is 4.79 Å². The summed E-state index contributed by atoms with van der Waals surface area (Å²) in [6.07, 6.45) is 2.32. The summed E-state index contributed by atoms with van der Waals surface area (Å²) in [6, 6.07) is 9.62. The van der Waals surface area contributed by atoms with Gasteiger partial charge in [-0.1, -0.05) is 57.9 Å². The molecule has 0 amide bonds. The van der Waals surface area contributed by atoms with Gasteiger partial charge in [-0.15, -0.1) is 0 Å². The van der Waals surface area contributed by atoms with Crippen LogP contribution in [0.15, 0.2) is 41.3 Å². The quantitative estimate of drug-likeness (QED) is 0.589. The standard InChI is InChI=1S/C14H14BrClN2O2/c15-7-4-8-20-12-9-17-18(14(19)13(12)16)10-11-5-2-1-3-6-11/h1-3,5-6,9H,4,7-8,10H2.